The van der Waals surface area contributed by atoms with Crippen molar-refractivity contribution in [3.63, 3.8) is 0 Å². The summed E-state index contributed by atoms with van der Waals surface area (Å²) in [4.78, 5) is -0.213. The van der Waals surface area contributed by atoms with E-state index in [1.54, 1.807) is 0 Å². The van der Waals surface area contributed by atoms with Gasteiger partial charge < -0.3 is 5.73 Å². The molecule has 0 aliphatic rings. The van der Waals surface area contributed by atoms with Crippen molar-refractivity contribution in [1.82, 2.24) is 10.2 Å². The van der Waals surface area contributed by atoms with E-state index in [9.17, 15) is 12.8 Å². The molecule has 1 aromatic carbocycles. The summed E-state index contributed by atoms with van der Waals surface area (Å²) in [6.45, 7) is 0. The molecule has 0 saturated carbocycles. The van der Waals surface area contributed by atoms with Gasteiger partial charge in [0.25, 0.3) is 10.0 Å². The Hall–Kier alpha value is -2.22. The van der Waals surface area contributed by atoms with Crippen LogP contribution in [-0.4, -0.2) is 18.6 Å². The number of nitrogens with one attached hydrogen (secondary N) is 1. The molecule has 8 heteroatoms. The number of halogens is 1. The van der Waals surface area contributed by atoms with Crippen molar-refractivity contribution in [2.45, 2.75) is 4.90 Å². The first-order valence-electron chi connectivity index (χ1n) is 4.84. The molecule has 0 aliphatic carbocycles. The first kappa shape index (κ1) is 12.2. The summed E-state index contributed by atoms with van der Waals surface area (Å²) < 4.78 is 38.9. The van der Waals surface area contributed by atoms with Crippen molar-refractivity contribution in [3.8, 4) is 0 Å². The van der Waals surface area contributed by atoms with Crippen molar-refractivity contribution in [1.29, 1.82) is 0 Å². The number of nitrogen functional groups attached to an aromatic ring is 1. The van der Waals surface area contributed by atoms with Crippen LogP contribution in [0.2, 0.25) is 0 Å². The molecule has 0 unspecified atom stereocenters. The minimum atomic E-state index is -3.90. The molecule has 0 radical (unpaired) electrons. The standard InChI is InChI=1S/C10H9FN4O2S/c11-7-3-4-9(8(12)6-7)18(16,17)15-10-2-1-5-13-14-10/h1-6H,12H2,(H,14,15). The zero-order chi connectivity index (χ0) is 13.2. The molecule has 2 aromatic rings. The molecule has 0 spiro atoms. The van der Waals surface area contributed by atoms with Crippen LogP contribution in [0.3, 0.4) is 0 Å². The van der Waals surface area contributed by atoms with Crippen molar-refractivity contribution < 1.29 is 12.8 Å². The van der Waals surface area contributed by atoms with E-state index in [0.717, 1.165) is 18.2 Å². The number of aromatic nitrogens is 2. The van der Waals surface area contributed by atoms with E-state index >= 15 is 0 Å². The van der Waals surface area contributed by atoms with Crippen molar-refractivity contribution in [2.24, 2.45) is 0 Å². The lowest BCUT2D eigenvalue weighted by Crippen LogP contribution is -2.16. The number of anilines is 2. The maximum Gasteiger partial charge on any atom is 0.265 e. The maximum absolute atomic E-state index is 12.8. The van der Waals surface area contributed by atoms with Gasteiger partial charge in [-0.1, -0.05) is 0 Å². The topological polar surface area (TPSA) is 98.0 Å². The van der Waals surface area contributed by atoms with Crippen LogP contribution in [0.25, 0.3) is 0 Å². The number of hydrogen-bond acceptors (Lipinski definition) is 5. The second-order valence-corrected chi connectivity index (χ2v) is 5.05. The maximum atomic E-state index is 12.8. The molecule has 0 aliphatic heterocycles. The molecule has 1 heterocycles. The fraction of sp³-hybridized carbons (Fsp3) is 0. The highest BCUT2D eigenvalue weighted by molar-refractivity contribution is 7.92. The van der Waals surface area contributed by atoms with Crippen molar-refractivity contribution in [2.75, 3.05) is 10.5 Å². The van der Waals surface area contributed by atoms with Crippen LogP contribution in [0.4, 0.5) is 15.9 Å². The first-order valence-corrected chi connectivity index (χ1v) is 6.33. The van der Waals surface area contributed by atoms with Crippen LogP contribution in [0.15, 0.2) is 41.4 Å². The Morgan fingerprint density at radius 1 is 1.28 bits per heavy atom. The molecule has 0 fully saturated rings. The summed E-state index contributed by atoms with van der Waals surface area (Å²) in [5, 5.41) is 7.11. The lowest BCUT2D eigenvalue weighted by molar-refractivity contribution is 0.600. The zero-order valence-electron chi connectivity index (χ0n) is 9.04. The highest BCUT2D eigenvalue weighted by Gasteiger charge is 2.18. The minimum Gasteiger partial charge on any atom is -0.398 e. The van der Waals surface area contributed by atoms with E-state index in [1.165, 1.54) is 18.3 Å². The van der Waals surface area contributed by atoms with Gasteiger partial charge in [-0.15, -0.1) is 5.10 Å². The molecule has 6 nitrogen and oxygen atoms in total. The highest BCUT2D eigenvalue weighted by atomic mass is 32.2. The number of nitrogens with zero attached hydrogens (tertiary/aromatic N) is 2. The smallest absolute Gasteiger partial charge is 0.265 e. The summed E-state index contributed by atoms with van der Waals surface area (Å²) in [7, 11) is -3.90. The van der Waals surface area contributed by atoms with Gasteiger partial charge in [0.05, 0.1) is 5.69 Å². The summed E-state index contributed by atoms with van der Waals surface area (Å²) >= 11 is 0. The molecule has 0 bridgehead atoms. The molecule has 18 heavy (non-hydrogen) atoms. The Kier molecular flexibility index (Phi) is 3.11. The van der Waals surface area contributed by atoms with Crippen LogP contribution in [-0.2, 0) is 10.0 Å². The van der Waals surface area contributed by atoms with Gasteiger partial charge >= 0.3 is 0 Å². The molecule has 2 rings (SSSR count). The van der Waals surface area contributed by atoms with Gasteiger partial charge in [0, 0.05) is 6.20 Å². The van der Waals surface area contributed by atoms with Gasteiger partial charge in [-0.05, 0) is 30.3 Å². The summed E-state index contributed by atoms with van der Waals surface area (Å²) in [5.74, 6) is -0.549. The quantitative estimate of drug-likeness (QED) is 0.809. The number of sulfonamides is 1. The Morgan fingerprint density at radius 3 is 2.67 bits per heavy atom. The number of benzene rings is 1. The molecule has 94 valence electrons. The molecular weight excluding hydrogens is 259 g/mol. The Bertz CT molecular complexity index is 661. The second kappa shape index (κ2) is 4.57. The summed E-state index contributed by atoms with van der Waals surface area (Å²) in [6.07, 6.45) is 1.41. The van der Waals surface area contributed by atoms with Crippen molar-refractivity contribution >= 4 is 21.5 Å². The van der Waals surface area contributed by atoms with E-state index < -0.39 is 15.8 Å². The zero-order valence-corrected chi connectivity index (χ0v) is 9.86. The fourth-order valence-electron chi connectivity index (χ4n) is 1.31. The van der Waals surface area contributed by atoms with Crippen LogP contribution in [0.1, 0.15) is 0 Å². The van der Waals surface area contributed by atoms with Crippen LogP contribution >= 0.6 is 0 Å². The van der Waals surface area contributed by atoms with Gasteiger partial charge in [-0.2, -0.15) is 5.10 Å². The first-order chi connectivity index (χ1) is 8.49. The van der Waals surface area contributed by atoms with Crippen molar-refractivity contribution in [3.05, 3.63) is 42.3 Å². The predicted octanol–water partition coefficient (Wildman–Crippen LogP) is 0.999. The normalized spacial score (nSPS) is 11.2. The number of hydrogen-bond donors (Lipinski definition) is 2. The Balaban J connectivity index is 2.37. The average molecular weight is 268 g/mol. The van der Waals surface area contributed by atoms with Gasteiger partial charge in [-0.25, -0.2) is 12.8 Å². The fourth-order valence-corrected chi connectivity index (χ4v) is 2.42. The third-order valence-electron chi connectivity index (χ3n) is 2.07. The Morgan fingerprint density at radius 2 is 2.06 bits per heavy atom. The van der Waals surface area contributed by atoms with E-state index in [0.29, 0.717) is 0 Å². The largest absolute Gasteiger partial charge is 0.398 e. The number of nitrogens with two attached hydrogens (primary N) is 1. The SMILES string of the molecule is Nc1cc(F)ccc1S(=O)(=O)Nc1cccnn1. The van der Waals surface area contributed by atoms with Crippen LogP contribution in [0.5, 0.6) is 0 Å². The summed E-state index contributed by atoms with van der Waals surface area (Å²) in [6, 6.07) is 6.00. The van der Waals surface area contributed by atoms with Crippen LogP contribution in [0, 0.1) is 5.82 Å². The molecular formula is C10H9FN4O2S. The van der Waals surface area contributed by atoms with Gasteiger partial charge in [0.15, 0.2) is 5.82 Å². The molecule has 0 atom stereocenters. The summed E-state index contributed by atoms with van der Waals surface area (Å²) in [5.41, 5.74) is 5.29. The van der Waals surface area contributed by atoms with Gasteiger partial charge in [0.2, 0.25) is 0 Å². The van der Waals surface area contributed by atoms with Gasteiger partial charge in [-0.3, -0.25) is 4.72 Å². The van der Waals surface area contributed by atoms with E-state index in [2.05, 4.69) is 14.9 Å². The monoisotopic (exact) mass is 268 g/mol. The minimum absolute atomic E-state index is 0.0567. The number of rotatable bonds is 3. The second-order valence-electron chi connectivity index (χ2n) is 3.40. The molecule has 0 saturated heterocycles. The highest BCUT2D eigenvalue weighted by Crippen LogP contribution is 2.21. The average Bonchev–Trinajstić information content (AvgIpc) is 2.29. The van der Waals surface area contributed by atoms with Crippen LogP contribution < -0.4 is 10.5 Å². The lowest BCUT2D eigenvalue weighted by Gasteiger charge is -2.08. The third-order valence-corrected chi connectivity index (χ3v) is 3.50. The molecule has 1 aromatic heterocycles. The van der Waals surface area contributed by atoms with E-state index in [-0.39, 0.29) is 16.4 Å². The Labute approximate surface area is 103 Å². The molecule has 0 amide bonds. The molecule has 3 N–H and O–H groups in total. The third kappa shape index (κ3) is 2.54. The predicted molar refractivity (Wildman–Crippen MR) is 63.7 cm³/mol. The van der Waals surface area contributed by atoms with Gasteiger partial charge in [0.1, 0.15) is 10.7 Å². The lowest BCUT2D eigenvalue weighted by atomic mass is 10.3. The van der Waals surface area contributed by atoms with E-state index in [1.807, 2.05) is 0 Å². The van der Waals surface area contributed by atoms with E-state index in [4.69, 9.17) is 5.73 Å².